The zero-order chi connectivity index (χ0) is 23.8. The van der Waals surface area contributed by atoms with Crippen molar-refractivity contribution >= 4 is 28.4 Å². The third-order valence-electron chi connectivity index (χ3n) is 10.0. The maximum atomic E-state index is 13.5. The monoisotopic (exact) mass is 578 g/mol. The van der Waals surface area contributed by atoms with E-state index in [0.717, 1.165) is 62.0 Å². The van der Waals surface area contributed by atoms with Gasteiger partial charge in [0.15, 0.2) is 5.78 Å². The fourth-order valence-corrected chi connectivity index (χ4v) is 9.54. The number of aliphatic hydroxyl groups is 1. The number of hydrogen-bond donors (Lipinski definition) is 1. The van der Waals surface area contributed by atoms with Gasteiger partial charge in [-0.2, -0.15) is 18.3 Å². The molecule has 0 amide bonds. The predicted molar refractivity (Wildman–Crippen MR) is 127 cm³/mol. The molecule has 1 aromatic rings. The molecule has 4 saturated carbocycles. The maximum absolute atomic E-state index is 13.5. The van der Waals surface area contributed by atoms with Crippen LogP contribution in [-0.2, 0) is 17.5 Å². The van der Waals surface area contributed by atoms with Crippen LogP contribution in [0.25, 0.3) is 0 Å². The van der Waals surface area contributed by atoms with Crippen molar-refractivity contribution < 1.29 is 23.1 Å². The molecule has 33 heavy (non-hydrogen) atoms. The number of carbonyl (C=O) groups is 1. The molecule has 1 heterocycles. The zero-order valence-corrected chi connectivity index (χ0v) is 21.5. The minimum Gasteiger partial charge on any atom is -0.390 e. The van der Waals surface area contributed by atoms with E-state index in [1.54, 1.807) is 0 Å². The Labute approximate surface area is 207 Å². The lowest BCUT2D eigenvalue weighted by Gasteiger charge is -2.58. The molecule has 4 fully saturated rings. The summed E-state index contributed by atoms with van der Waals surface area (Å²) in [6, 6.07) is 0. The van der Waals surface area contributed by atoms with E-state index in [1.165, 1.54) is 12.8 Å². The molecule has 0 saturated heterocycles. The normalized spacial score (nSPS) is 45.2. The molecule has 1 N–H and O–H groups in total. The number of aromatic nitrogens is 2. The Morgan fingerprint density at radius 3 is 2.55 bits per heavy atom. The van der Waals surface area contributed by atoms with Gasteiger partial charge >= 0.3 is 6.18 Å². The minimum atomic E-state index is -4.45. The molecule has 0 aromatic carbocycles. The van der Waals surface area contributed by atoms with Gasteiger partial charge in [0.2, 0.25) is 0 Å². The number of ketones is 1. The van der Waals surface area contributed by atoms with Gasteiger partial charge in [-0.05, 0) is 99.7 Å². The molecule has 8 heteroatoms. The van der Waals surface area contributed by atoms with Gasteiger partial charge in [0.05, 0.1) is 20.8 Å². The topological polar surface area (TPSA) is 55.1 Å². The lowest BCUT2D eigenvalue weighted by Crippen LogP contribution is -2.55. The van der Waals surface area contributed by atoms with Gasteiger partial charge in [-0.1, -0.05) is 29.5 Å². The van der Waals surface area contributed by atoms with E-state index in [9.17, 15) is 23.1 Å². The number of carbonyl (C=O) groups excluding carboxylic acids is 1. The lowest BCUT2D eigenvalue weighted by molar-refractivity contribution is -0.137. The highest BCUT2D eigenvalue weighted by Gasteiger charge is 2.64. The first-order valence-electron chi connectivity index (χ1n) is 12.4. The number of Topliss-reactive ketones (excluding diaryl/α,β-unsaturated/α-hetero) is 1. The third-order valence-corrected chi connectivity index (χ3v) is 12.4. The Morgan fingerprint density at radius 2 is 1.85 bits per heavy atom. The molecular formula is C25H34F3IN2O2. The Hall–Kier alpha value is -0.640. The smallest absolute Gasteiger partial charge is 0.390 e. The quantitative estimate of drug-likeness (QED) is 0.351. The average Bonchev–Trinajstić information content (AvgIpc) is 3.30. The van der Waals surface area contributed by atoms with Crippen LogP contribution in [0, 0.1) is 35.0 Å². The first-order valence-corrected chi connectivity index (χ1v) is 13.5. The summed E-state index contributed by atoms with van der Waals surface area (Å²) in [5.41, 5.74) is -1.46. The Morgan fingerprint density at radius 1 is 1.12 bits per heavy atom. The van der Waals surface area contributed by atoms with E-state index in [0.29, 0.717) is 29.6 Å². The van der Waals surface area contributed by atoms with Crippen molar-refractivity contribution in [1.29, 1.82) is 0 Å². The van der Waals surface area contributed by atoms with E-state index in [-0.39, 0.29) is 17.7 Å². The van der Waals surface area contributed by atoms with E-state index in [2.05, 4.69) is 34.6 Å². The number of hydrogen-bond acceptors (Lipinski definition) is 3. The number of fused-ring (bicyclic) bond motifs is 5. The van der Waals surface area contributed by atoms with Crippen molar-refractivity contribution in [2.75, 3.05) is 0 Å². The second-order valence-electron chi connectivity index (χ2n) is 11.8. The van der Waals surface area contributed by atoms with Gasteiger partial charge in [0.1, 0.15) is 6.54 Å². The summed E-state index contributed by atoms with van der Waals surface area (Å²) >= 11 is 2.35. The minimum absolute atomic E-state index is 0.00535. The van der Waals surface area contributed by atoms with Crippen molar-refractivity contribution in [3.8, 4) is 0 Å². The van der Waals surface area contributed by atoms with Crippen LogP contribution in [0.4, 0.5) is 13.2 Å². The van der Waals surface area contributed by atoms with Crippen LogP contribution in [-0.4, -0.2) is 29.7 Å². The highest BCUT2D eigenvalue weighted by molar-refractivity contribution is 14.1. The largest absolute Gasteiger partial charge is 0.419 e. The van der Waals surface area contributed by atoms with Gasteiger partial charge in [0.25, 0.3) is 0 Å². The number of nitrogens with zero attached hydrogens (tertiary/aromatic N) is 2. The van der Waals surface area contributed by atoms with E-state index >= 15 is 0 Å². The van der Waals surface area contributed by atoms with Gasteiger partial charge < -0.3 is 5.11 Å². The highest BCUT2D eigenvalue weighted by Crippen LogP contribution is 2.68. The molecule has 0 bridgehead atoms. The van der Waals surface area contributed by atoms with Gasteiger partial charge in [-0.25, -0.2) is 0 Å². The summed E-state index contributed by atoms with van der Waals surface area (Å²) in [6.07, 6.45) is 6.51. The summed E-state index contributed by atoms with van der Waals surface area (Å²) in [6.45, 7) is 4.15. The molecular weight excluding hydrogens is 544 g/mol. The Bertz CT molecular complexity index is 931. The maximum Gasteiger partial charge on any atom is 0.419 e. The molecule has 5 rings (SSSR count). The fourth-order valence-electron chi connectivity index (χ4n) is 8.39. The van der Waals surface area contributed by atoms with Crippen molar-refractivity contribution in [2.24, 2.45) is 35.0 Å². The summed E-state index contributed by atoms with van der Waals surface area (Å²) in [5.74, 6) is 3.12. The van der Waals surface area contributed by atoms with Crippen molar-refractivity contribution in [1.82, 2.24) is 9.78 Å². The highest BCUT2D eigenvalue weighted by atomic mass is 127. The van der Waals surface area contributed by atoms with Crippen molar-refractivity contribution in [3.63, 3.8) is 0 Å². The summed E-state index contributed by atoms with van der Waals surface area (Å²) in [7, 11) is 0. The van der Waals surface area contributed by atoms with Crippen LogP contribution in [0.15, 0.2) is 12.4 Å². The third kappa shape index (κ3) is 3.89. The van der Waals surface area contributed by atoms with Gasteiger partial charge in [-0.3, -0.25) is 9.48 Å². The zero-order valence-electron chi connectivity index (χ0n) is 19.4. The fraction of sp³-hybridized carbons (Fsp3) is 0.840. The van der Waals surface area contributed by atoms with Crippen LogP contribution in [0.2, 0.25) is 0 Å². The van der Waals surface area contributed by atoms with Crippen LogP contribution in [0.5, 0.6) is 0 Å². The van der Waals surface area contributed by atoms with E-state index < -0.39 is 20.8 Å². The summed E-state index contributed by atoms with van der Waals surface area (Å²) in [5, 5.41) is 14.4. The SMILES string of the molecule is C[C@@]1(O)CC[C@H]2[C@H](CC[C@@H]3[C@@H]2CC[C@@]2(C)[C@H]3CC[C@]2(I)C(=O)Cn2cc(C(F)(F)F)cn2)C1. The summed E-state index contributed by atoms with van der Waals surface area (Å²) in [4.78, 5) is 13.5. The molecule has 4 aliphatic carbocycles. The van der Waals surface area contributed by atoms with Crippen LogP contribution < -0.4 is 0 Å². The first-order chi connectivity index (χ1) is 15.3. The average molecular weight is 578 g/mol. The second-order valence-corrected chi connectivity index (χ2v) is 13.7. The predicted octanol–water partition coefficient (Wildman–Crippen LogP) is 6.05. The number of halogens is 4. The summed E-state index contributed by atoms with van der Waals surface area (Å²) < 4.78 is 39.5. The molecule has 8 atom stereocenters. The van der Waals surface area contributed by atoms with Crippen LogP contribution in [0.1, 0.15) is 77.2 Å². The molecule has 0 spiro atoms. The molecule has 4 aliphatic rings. The van der Waals surface area contributed by atoms with Crippen LogP contribution >= 0.6 is 22.6 Å². The molecule has 4 nitrogen and oxygen atoms in total. The molecule has 1 aromatic heterocycles. The lowest BCUT2D eigenvalue weighted by atomic mass is 9.49. The molecule has 0 unspecified atom stereocenters. The molecule has 0 aliphatic heterocycles. The van der Waals surface area contributed by atoms with E-state index in [4.69, 9.17) is 0 Å². The molecule has 184 valence electrons. The standard InChI is InChI=1S/C25H34F3IN2O2/c1-22(33)8-5-17-15(11-22)3-4-19-18(17)6-9-23(2)20(19)7-10-24(23,29)21(32)14-31-13-16(12-30-31)25(26,27)28/h12-13,15,17-20,33H,3-11,14H2,1-2H3/t15-,17+,18-,19-,20+,22-,23+,24+/m1/s1. The van der Waals surface area contributed by atoms with Crippen molar-refractivity contribution in [3.05, 3.63) is 18.0 Å². The van der Waals surface area contributed by atoms with Gasteiger partial charge in [0, 0.05) is 6.20 Å². The van der Waals surface area contributed by atoms with Crippen molar-refractivity contribution in [2.45, 2.75) is 93.4 Å². The second kappa shape index (κ2) is 7.93. The van der Waals surface area contributed by atoms with Gasteiger partial charge in [-0.15, -0.1) is 0 Å². The van der Waals surface area contributed by atoms with E-state index in [1.807, 2.05) is 6.92 Å². The first kappa shape index (κ1) is 24.1. The number of rotatable bonds is 3. The number of alkyl halides is 4. The molecule has 0 radical (unpaired) electrons. The Kier molecular flexibility index (Phi) is 5.79. The Balaban J connectivity index is 1.33. The van der Waals surface area contributed by atoms with Crippen LogP contribution in [0.3, 0.4) is 0 Å².